The molecular formula is C26H26N6O3. The van der Waals surface area contributed by atoms with Crippen LogP contribution in [0.2, 0.25) is 0 Å². The molecule has 4 aromatic rings. The van der Waals surface area contributed by atoms with Crippen molar-refractivity contribution >= 4 is 23.4 Å². The molecule has 0 bridgehead atoms. The lowest BCUT2D eigenvalue weighted by Gasteiger charge is -2.16. The highest BCUT2D eigenvalue weighted by atomic mass is 16.5. The first-order valence-electron chi connectivity index (χ1n) is 11.0. The Hall–Kier alpha value is -4.50. The Balaban J connectivity index is 1.43. The first-order chi connectivity index (χ1) is 17.0. The van der Waals surface area contributed by atoms with Crippen LogP contribution >= 0.6 is 0 Å². The molecule has 0 aliphatic rings. The molecule has 0 saturated carbocycles. The summed E-state index contributed by atoms with van der Waals surface area (Å²) in [5, 5.41) is 3.24. The van der Waals surface area contributed by atoms with Crippen LogP contribution in [0, 0.1) is 0 Å². The third-order valence-corrected chi connectivity index (χ3v) is 5.10. The molecule has 9 heteroatoms. The number of pyridine rings is 1. The largest absolute Gasteiger partial charge is 0.457 e. The molecule has 35 heavy (non-hydrogen) atoms. The van der Waals surface area contributed by atoms with Gasteiger partial charge in [0.1, 0.15) is 23.0 Å². The topological polar surface area (TPSA) is 115 Å². The highest BCUT2D eigenvalue weighted by Gasteiger charge is 2.14. The number of methoxy groups -OCH3 is 1. The molecule has 0 spiro atoms. The van der Waals surface area contributed by atoms with E-state index in [1.54, 1.807) is 37.4 Å². The molecule has 0 atom stereocenters. The lowest BCUT2D eigenvalue weighted by molar-refractivity contribution is 0.0738. The Morgan fingerprint density at radius 1 is 1.00 bits per heavy atom. The minimum Gasteiger partial charge on any atom is -0.457 e. The average molecular weight is 471 g/mol. The van der Waals surface area contributed by atoms with Crippen molar-refractivity contribution in [1.82, 2.24) is 19.9 Å². The molecule has 178 valence electrons. The lowest BCUT2D eigenvalue weighted by Crippen LogP contribution is -2.30. The van der Waals surface area contributed by atoms with Crippen LogP contribution in [0.5, 0.6) is 11.5 Å². The zero-order chi connectivity index (χ0) is 24.6. The number of ether oxygens (including phenoxy) is 2. The summed E-state index contributed by atoms with van der Waals surface area (Å²) in [6, 6.07) is 22.3. The van der Waals surface area contributed by atoms with Gasteiger partial charge in [0.15, 0.2) is 0 Å². The van der Waals surface area contributed by atoms with E-state index in [0.29, 0.717) is 36.2 Å². The fourth-order valence-electron chi connectivity index (χ4n) is 3.29. The highest BCUT2D eigenvalue weighted by molar-refractivity contribution is 5.92. The lowest BCUT2D eigenvalue weighted by atomic mass is 10.1. The molecule has 9 nitrogen and oxygen atoms in total. The van der Waals surface area contributed by atoms with Crippen LogP contribution in [-0.4, -0.2) is 53.1 Å². The van der Waals surface area contributed by atoms with Gasteiger partial charge in [-0.3, -0.25) is 9.78 Å². The van der Waals surface area contributed by atoms with Crippen molar-refractivity contribution in [3.05, 3.63) is 84.7 Å². The molecule has 0 aliphatic carbocycles. The number of nitrogens with two attached hydrogens (primary N) is 1. The fourth-order valence-corrected chi connectivity index (χ4v) is 3.29. The van der Waals surface area contributed by atoms with Gasteiger partial charge >= 0.3 is 0 Å². The van der Waals surface area contributed by atoms with Gasteiger partial charge in [-0.1, -0.05) is 30.3 Å². The number of hydrogen-bond acceptors (Lipinski definition) is 8. The monoisotopic (exact) mass is 470 g/mol. The number of nitrogens with zero attached hydrogens (tertiary/aromatic N) is 4. The van der Waals surface area contributed by atoms with Gasteiger partial charge in [0.2, 0.25) is 5.95 Å². The fraction of sp³-hybridized carbons (Fsp3) is 0.154. The number of benzene rings is 2. The number of carbonyl (C=O) groups is 1. The maximum Gasteiger partial charge on any atom is 0.272 e. The van der Waals surface area contributed by atoms with Crippen molar-refractivity contribution in [3.8, 4) is 22.8 Å². The molecule has 2 heterocycles. The second kappa shape index (κ2) is 11.1. The normalized spacial score (nSPS) is 10.6. The summed E-state index contributed by atoms with van der Waals surface area (Å²) in [4.78, 5) is 26.9. The van der Waals surface area contributed by atoms with Crippen molar-refractivity contribution in [3.63, 3.8) is 0 Å². The first kappa shape index (κ1) is 23.7. The number of nitrogen functional groups attached to an aromatic ring is 1. The molecule has 0 saturated heterocycles. The Morgan fingerprint density at radius 2 is 1.77 bits per heavy atom. The summed E-state index contributed by atoms with van der Waals surface area (Å²) in [6.45, 7) is 0.926. The van der Waals surface area contributed by atoms with Gasteiger partial charge in [-0.25, -0.2) is 4.98 Å². The third-order valence-electron chi connectivity index (χ3n) is 5.10. The Kier molecular flexibility index (Phi) is 7.49. The Morgan fingerprint density at radius 3 is 2.51 bits per heavy atom. The SMILES string of the molecule is COCCN(C)C(=O)c1cc(Oc2ccc(Nc3cc(-c4ccccc4)nc(N)n3)cc2)ccn1. The van der Waals surface area contributed by atoms with Crippen LogP contribution in [0.15, 0.2) is 79.0 Å². The molecule has 0 fully saturated rings. The van der Waals surface area contributed by atoms with Gasteiger partial charge < -0.3 is 25.4 Å². The zero-order valence-electron chi connectivity index (χ0n) is 19.5. The number of anilines is 3. The van der Waals surface area contributed by atoms with Gasteiger partial charge in [-0.2, -0.15) is 4.98 Å². The number of hydrogen-bond donors (Lipinski definition) is 2. The number of carbonyl (C=O) groups excluding carboxylic acids is 1. The second-order valence-electron chi connectivity index (χ2n) is 7.71. The van der Waals surface area contributed by atoms with E-state index >= 15 is 0 Å². The van der Waals surface area contributed by atoms with Crippen molar-refractivity contribution < 1.29 is 14.3 Å². The average Bonchev–Trinajstić information content (AvgIpc) is 2.88. The highest BCUT2D eigenvalue weighted by Crippen LogP contribution is 2.26. The molecule has 3 N–H and O–H groups in total. The Bertz CT molecular complexity index is 1280. The van der Waals surface area contributed by atoms with Gasteiger partial charge in [-0.15, -0.1) is 0 Å². The van der Waals surface area contributed by atoms with Crippen molar-refractivity contribution in [1.29, 1.82) is 0 Å². The zero-order valence-corrected chi connectivity index (χ0v) is 19.5. The van der Waals surface area contributed by atoms with Crippen LogP contribution in [0.25, 0.3) is 11.3 Å². The van der Waals surface area contributed by atoms with Crippen LogP contribution in [0.3, 0.4) is 0 Å². The van der Waals surface area contributed by atoms with Gasteiger partial charge in [0.05, 0.1) is 12.3 Å². The number of likely N-dealkylation sites (N-methyl/N-ethyl adjacent to an activating group) is 1. The molecule has 4 rings (SSSR count). The van der Waals surface area contributed by atoms with Gasteiger partial charge in [0.25, 0.3) is 5.91 Å². The van der Waals surface area contributed by atoms with E-state index in [1.165, 1.54) is 0 Å². The third kappa shape index (κ3) is 6.30. The summed E-state index contributed by atoms with van der Waals surface area (Å²) in [5.74, 6) is 1.69. The van der Waals surface area contributed by atoms with E-state index in [0.717, 1.165) is 16.9 Å². The smallest absolute Gasteiger partial charge is 0.272 e. The van der Waals surface area contributed by atoms with Crippen LogP contribution in [-0.2, 0) is 4.74 Å². The minimum atomic E-state index is -0.203. The number of nitrogens with one attached hydrogen (secondary N) is 1. The van der Waals surface area contributed by atoms with E-state index in [9.17, 15) is 4.79 Å². The van der Waals surface area contributed by atoms with Crippen molar-refractivity contribution in [2.75, 3.05) is 38.4 Å². The predicted octanol–water partition coefficient (Wildman–Crippen LogP) is 4.38. The Labute approximate surface area is 203 Å². The quantitative estimate of drug-likeness (QED) is 0.370. The number of amides is 1. The van der Waals surface area contributed by atoms with Crippen molar-refractivity contribution in [2.45, 2.75) is 0 Å². The summed E-state index contributed by atoms with van der Waals surface area (Å²) in [5.41, 5.74) is 8.71. The van der Waals surface area contributed by atoms with Crippen LogP contribution in [0.4, 0.5) is 17.5 Å². The van der Waals surface area contributed by atoms with E-state index in [2.05, 4.69) is 20.3 Å². The number of rotatable bonds is 9. The van der Waals surface area contributed by atoms with Crippen LogP contribution < -0.4 is 15.8 Å². The summed E-state index contributed by atoms with van der Waals surface area (Å²) in [6.07, 6.45) is 1.55. The van der Waals surface area contributed by atoms with Crippen LogP contribution in [0.1, 0.15) is 10.5 Å². The van der Waals surface area contributed by atoms with E-state index in [1.807, 2.05) is 60.7 Å². The molecule has 2 aromatic heterocycles. The molecule has 0 aliphatic heterocycles. The van der Waals surface area contributed by atoms with E-state index in [-0.39, 0.29) is 11.9 Å². The van der Waals surface area contributed by atoms with Gasteiger partial charge in [-0.05, 0) is 30.3 Å². The molecule has 1 amide bonds. The van der Waals surface area contributed by atoms with E-state index < -0.39 is 0 Å². The predicted molar refractivity (Wildman–Crippen MR) is 135 cm³/mol. The van der Waals surface area contributed by atoms with Crippen molar-refractivity contribution in [2.24, 2.45) is 0 Å². The maximum atomic E-state index is 12.5. The summed E-state index contributed by atoms with van der Waals surface area (Å²) in [7, 11) is 3.30. The maximum absolute atomic E-state index is 12.5. The molecule has 0 unspecified atom stereocenters. The summed E-state index contributed by atoms with van der Waals surface area (Å²) < 4.78 is 10.9. The standard InChI is InChI=1S/C26H26N6O3/c1-32(14-15-34-2)25(33)23-16-21(12-13-28-23)35-20-10-8-19(9-11-20)29-24-17-22(30-26(27)31-24)18-6-4-3-5-7-18/h3-13,16-17H,14-15H2,1-2H3,(H3,27,29,30,31). The summed E-state index contributed by atoms with van der Waals surface area (Å²) >= 11 is 0. The second-order valence-corrected chi connectivity index (χ2v) is 7.71. The van der Waals surface area contributed by atoms with E-state index in [4.69, 9.17) is 15.2 Å². The molecular weight excluding hydrogens is 444 g/mol. The number of aromatic nitrogens is 3. The first-order valence-corrected chi connectivity index (χ1v) is 11.0. The molecule has 0 radical (unpaired) electrons. The minimum absolute atomic E-state index is 0.185. The van der Waals surface area contributed by atoms with Gasteiger partial charge in [0, 0.05) is 50.3 Å². The molecule has 2 aromatic carbocycles.